The molecular weight excluding hydrogens is 304 g/mol. The number of hydrogen-bond donors (Lipinski definition) is 1. The number of fused-ring (bicyclic) bond motifs is 1. The average molecular weight is 320 g/mol. The van der Waals surface area contributed by atoms with E-state index in [1.807, 2.05) is 48.5 Å². The van der Waals surface area contributed by atoms with Crippen molar-refractivity contribution in [1.29, 1.82) is 0 Å². The van der Waals surface area contributed by atoms with E-state index in [1.54, 1.807) is 13.2 Å². The predicted molar refractivity (Wildman–Crippen MR) is 89.9 cm³/mol. The van der Waals surface area contributed by atoms with Gasteiger partial charge in [0.1, 0.15) is 17.7 Å². The summed E-state index contributed by atoms with van der Waals surface area (Å²) in [5, 5.41) is 2.89. The lowest BCUT2D eigenvalue weighted by Gasteiger charge is -2.11. The summed E-state index contributed by atoms with van der Waals surface area (Å²) >= 11 is 0. The van der Waals surface area contributed by atoms with E-state index in [2.05, 4.69) is 10.3 Å². The number of carbonyl (C=O) groups is 1. The Balaban J connectivity index is 1.43. The summed E-state index contributed by atoms with van der Waals surface area (Å²) in [6.07, 6.45) is 1.73. The van der Waals surface area contributed by atoms with Crippen LogP contribution in [-0.4, -0.2) is 17.0 Å². The lowest BCUT2D eigenvalue weighted by Crippen LogP contribution is -2.31. The molecule has 4 rings (SSSR count). The molecule has 1 aromatic heterocycles. The highest BCUT2D eigenvalue weighted by Crippen LogP contribution is 2.29. The van der Waals surface area contributed by atoms with E-state index in [4.69, 9.17) is 9.15 Å². The first kappa shape index (κ1) is 14.5. The number of aryl methyl sites for hydroxylation is 1. The average Bonchev–Trinajstić information content (AvgIpc) is 3.21. The molecule has 3 aromatic rings. The second kappa shape index (κ2) is 5.85. The molecule has 1 atom stereocenters. The van der Waals surface area contributed by atoms with Crippen molar-refractivity contribution in [2.24, 2.45) is 0 Å². The Kier molecular flexibility index (Phi) is 3.54. The van der Waals surface area contributed by atoms with Crippen molar-refractivity contribution in [2.75, 3.05) is 5.32 Å². The van der Waals surface area contributed by atoms with E-state index in [0.29, 0.717) is 12.3 Å². The van der Waals surface area contributed by atoms with Crippen molar-refractivity contribution < 1.29 is 13.9 Å². The van der Waals surface area contributed by atoms with Crippen molar-refractivity contribution >= 4 is 11.6 Å². The lowest BCUT2D eigenvalue weighted by molar-refractivity contribution is -0.122. The molecule has 5 nitrogen and oxygen atoms in total. The molecule has 1 N–H and O–H groups in total. The van der Waals surface area contributed by atoms with E-state index in [-0.39, 0.29) is 5.91 Å². The Morgan fingerprint density at radius 1 is 1.17 bits per heavy atom. The third kappa shape index (κ3) is 2.76. The van der Waals surface area contributed by atoms with Gasteiger partial charge in [-0.05, 0) is 23.8 Å². The summed E-state index contributed by atoms with van der Waals surface area (Å²) in [7, 11) is 0. The Morgan fingerprint density at radius 3 is 2.67 bits per heavy atom. The number of ether oxygens (including phenoxy) is 1. The SMILES string of the molecule is Cc1nc(-c2ccc(NC(=O)C3Cc4ccccc4O3)cc2)co1. The van der Waals surface area contributed by atoms with Crippen molar-refractivity contribution in [2.45, 2.75) is 19.4 Å². The van der Waals surface area contributed by atoms with Crippen LogP contribution in [0.15, 0.2) is 59.2 Å². The van der Waals surface area contributed by atoms with Gasteiger partial charge in [0.15, 0.2) is 12.0 Å². The van der Waals surface area contributed by atoms with Gasteiger partial charge in [-0.2, -0.15) is 0 Å². The molecule has 120 valence electrons. The number of hydrogen-bond acceptors (Lipinski definition) is 4. The fourth-order valence-corrected chi connectivity index (χ4v) is 2.77. The topological polar surface area (TPSA) is 64.4 Å². The Bertz CT molecular complexity index is 859. The van der Waals surface area contributed by atoms with Crippen LogP contribution in [0.5, 0.6) is 5.75 Å². The van der Waals surface area contributed by atoms with Crippen LogP contribution in [0.2, 0.25) is 0 Å². The first-order valence-electron chi connectivity index (χ1n) is 7.77. The second-order valence-electron chi connectivity index (χ2n) is 5.74. The minimum absolute atomic E-state index is 0.142. The van der Waals surface area contributed by atoms with Gasteiger partial charge in [-0.1, -0.05) is 30.3 Å². The molecule has 1 amide bonds. The van der Waals surface area contributed by atoms with Gasteiger partial charge in [0, 0.05) is 24.6 Å². The molecule has 5 heteroatoms. The molecule has 1 aliphatic rings. The zero-order valence-corrected chi connectivity index (χ0v) is 13.2. The van der Waals surface area contributed by atoms with Gasteiger partial charge in [-0.25, -0.2) is 4.98 Å². The first-order valence-corrected chi connectivity index (χ1v) is 7.77. The number of nitrogens with one attached hydrogen (secondary N) is 1. The van der Waals surface area contributed by atoms with Crippen molar-refractivity contribution in [3.63, 3.8) is 0 Å². The van der Waals surface area contributed by atoms with Crippen LogP contribution in [0.1, 0.15) is 11.5 Å². The van der Waals surface area contributed by atoms with Crippen molar-refractivity contribution in [1.82, 2.24) is 4.98 Å². The highest BCUT2D eigenvalue weighted by Gasteiger charge is 2.28. The number of carbonyl (C=O) groups excluding carboxylic acids is 1. The number of benzene rings is 2. The normalized spacial score (nSPS) is 15.6. The van der Waals surface area contributed by atoms with Gasteiger partial charge in [-0.3, -0.25) is 4.79 Å². The molecule has 1 aliphatic heterocycles. The number of amides is 1. The molecule has 0 fully saturated rings. The zero-order valence-electron chi connectivity index (χ0n) is 13.2. The fraction of sp³-hybridized carbons (Fsp3) is 0.158. The molecule has 0 spiro atoms. The van der Waals surface area contributed by atoms with Gasteiger partial charge in [0.25, 0.3) is 5.91 Å². The molecule has 2 heterocycles. The van der Waals surface area contributed by atoms with Crippen LogP contribution in [0.4, 0.5) is 5.69 Å². The Labute approximate surface area is 139 Å². The van der Waals surface area contributed by atoms with Gasteiger partial charge in [-0.15, -0.1) is 0 Å². The highest BCUT2D eigenvalue weighted by molar-refractivity contribution is 5.95. The molecule has 2 aromatic carbocycles. The monoisotopic (exact) mass is 320 g/mol. The standard InChI is InChI=1S/C19H16N2O3/c1-12-20-16(11-23-12)13-6-8-15(9-7-13)21-19(22)18-10-14-4-2-3-5-17(14)24-18/h2-9,11,18H,10H2,1H3,(H,21,22). The molecule has 0 radical (unpaired) electrons. The number of para-hydroxylation sites is 1. The summed E-state index contributed by atoms with van der Waals surface area (Å²) in [6, 6.07) is 15.2. The summed E-state index contributed by atoms with van der Waals surface area (Å²) in [5.41, 5.74) is 3.51. The largest absolute Gasteiger partial charge is 0.480 e. The minimum Gasteiger partial charge on any atom is -0.480 e. The maximum Gasteiger partial charge on any atom is 0.265 e. The van der Waals surface area contributed by atoms with Gasteiger partial charge < -0.3 is 14.5 Å². The van der Waals surface area contributed by atoms with E-state index < -0.39 is 6.10 Å². The number of nitrogens with zero attached hydrogens (tertiary/aromatic N) is 1. The van der Waals surface area contributed by atoms with Crippen molar-refractivity contribution in [3.05, 3.63) is 66.2 Å². The van der Waals surface area contributed by atoms with E-state index in [0.717, 1.165) is 28.3 Å². The third-order valence-electron chi connectivity index (χ3n) is 4.01. The highest BCUT2D eigenvalue weighted by atomic mass is 16.5. The number of rotatable bonds is 3. The minimum atomic E-state index is -0.486. The fourth-order valence-electron chi connectivity index (χ4n) is 2.77. The van der Waals surface area contributed by atoms with Crippen LogP contribution in [-0.2, 0) is 11.2 Å². The maximum absolute atomic E-state index is 12.4. The van der Waals surface area contributed by atoms with Crippen LogP contribution < -0.4 is 10.1 Å². The number of aromatic nitrogens is 1. The molecule has 0 aliphatic carbocycles. The summed E-state index contributed by atoms with van der Waals surface area (Å²) < 4.78 is 10.9. The maximum atomic E-state index is 12.4. The molecule has 1 unspecified atom stereocenters. The van der Waals surface area contributed by atoms with Crippen molar-refractivity contribution in [3.8, 4) is 17.0 Å². The number of anilines is 1. The Morgan fingerprint density at radius 2 is 1.96 bits per heavy atom. The first-order chi connectivity index (χ1) is 11.7. The molecular formula is C19H16N2O3. The predicted octanol–water partition coefficient (Wildman–Crippen LogP) is 3.59. The quantitative estimate of drug-likeness (QED) is 0.801. The molecule has 0 bridgehead atoms. The molecule has 0 saturated carbocycles. The van der Waals surface area contributed by atoms with E-state index in [1.165, 1.54) is 0 Å². The Hall–Kier alpha value is -3.08. The zero-order chi connectivity index (χ0) is 16.5. The number of oxazole rings is 1. The lowest BCUT2D eigenvalue weighted by atomic mass is 10.1. The summed E-state index contributed by atoms with van der Waals surface area (Å²) in [5.74, 6) is 1.27. The second-order valence-corrected chi connectivity index (χ2v) is 5.74. The molecule has 24 heavy (non-hydrogen) atoms. The van der Waals surface area contributed by atoms with Crippen LogP contribution >= 0.6 is 0 Å². The van der Waals surface area contributed by atoms with E-state index in [9.17, 15) is 4.79 Å². The van der Waals surface area contributed by atoms with Crippen LogP contribution in [0.25, 0.3) is 11.3 Å². The van der Waals surface area contributed by atoms with Gasteiger partial charge in [0.05, 0.1) is 0 Å². The van der Waals surface area contributed by atoms with E-state index >= 15 is 0 Å². The smallest absolute Gasteiger partial charge is 0.265 e. The third-order valence-corrected chi connectivity index (χ3v) is 4.01. The summed E-state index contributed by atoms with van der Waals surface area (Å²) in [6.45, 7) is 1.80. The summed E-state index contributed by atoms with van der Waals surface area (Å²) in [4.78, 5) is 16.7. The van der Waals surface area contributed by atoms with Gasteiger partial charge in [0.2, 0.25) is 0 Å². The molecule has 0 saturated heterocycles. The van der Waals surface area contributed by atoms with Crippen LogP contribution in [0.3, 0.4) is 0 Å². The van der Waals surface area contributed by atoms with Crippen LogP contribution in [0, 0.1) is 6.92 Å². The van der Waals surface area contributed by atoms with Gasteiger partial charge >= 0.3 is 0 Å².